The lowest BCUT2D eigenvalue weighted by Gasteiger charge is -2.27. The van der Waals surface area contributed by atoms with Gasteiger partial charge in [0, 0.05) is 6.54 Å². The molecule has 0 saturated heterocycles. The van der Waals surface area contributed by atoms with Gasteiger partial charge in [-0.1, -0.05) is 74.7 Å². The van der Waals surface area contributed by atoms with E-state index in [9.17, 15) is 39.0 Å². The first-order chi connectivity index (χ1) is 21.9. The van der Waals surface area contributed by atoms with E-state index in [1.807, 2.05) is 34.6 Å². The van der Waals surface area contributed by atoms with Crippen LogP contribution in [0.2, 0.25) is 0 Å². The number of hydrogen-bond donors (Lipinski definition) is 5. The molecular weight excluding hydrogens is 614 g/mol. The number of carbonyl (C=O) groups is 6. The Morgan fingerprint density at radius 2 is 1.21 bits per heavy atom. The summed E-state index contributed by atoms with van der Waals surface area (Å²) in [6.45, 7) is 14.7. The van der Waals surface area contributed by atoms with Gasteiger partial charge in [-0.3, -0.25) is 19.2 Å². The van der Waals surface area contributed by atoms with Crippen LogP contribution in [0.4, 0.5) is 4.79 Å². The second-order valence-corrected chi connectivity index (χ2v) is 12.8. The number of hydrogen-bond acceptors (Lipinski definition) is 10. The number of carboxylic acid groups (broad SMARTS) is 1. The van der Waals surface area contributed by atoms with Crippen molar-refractivity contribution in [2.75, 3.05) is 6.54 Å². The number of amides is 3. The van der Waals surface area contributed by atoms with Gasteiger partial charge in [-0.15, -0.1) is 0 Å². The van der Waals surface area contributed by atoms with Gasteiger partial charge in [0.05, 0.1) is 31.8 Å². The number of primary amides is 1. The lowest BCUT2D eigenvalue weighted by Crippen LogP contribution is -2.46. The highest BCUT2D eigenvalue weighted by Gasteiger charge is 2.32. The van der Waals surface area contributed by atoms with E-state index in [-0.39, 0.29) is 68.7 Å². The normalized spacial score (nSPS) is 16.4. The molecule has 0 aromatic heterocycles. The predicted octanol–water partition coefficient (Wildman–Crippen LogP) is 3.46. The summed E-state index contributed by atoms with van der Waals surface area (Å²) in [4.78, 5) is 74.4. The number of esters is 3. The zero-order valence-electron chi connectivity index (χ0n) is 29.4. The van der Waals surface area contributed by atoms with Gasteiger partial charge in [-0.05, 0) is 36.5 Å². The minimum atomic E-state index is -1.17. The van der Waals surface area contributed by atoms with Crippen molar-refractivity contribution in [3.8, 4) is 0 Å². The topological polar surface area (TPSA) is 221 Å². The number of aliphatic carboxylic acids is 1. The van der Waals surface area contributed by atoms with Gasteiger partial charge >= 0.3 is 29.9 Å². The second kappa shape index (κ2) is 23.0. The molecule has 0 bridgehead atoms. The molecule has 6 N–H and O–H groups in total. The smallest absolute Gasteiger partial charge is 0.328 e. The third kappa shape index (κ3) is 18.5. The highest BCUT2D eigenvalue weighted by atomic mass is 16.6. The van der Waals surface area contributed by atoms with Gasteiger partial charge in [-0.25, -0.2) is 9.59 Å². The quantitative estimate of drug-likeness (QED) is 0.0567. The first-order valence-electron chi connectivity index (χ1n) is 16.8. The monoisotopic (exact) mass is 673 g/mol. The molecule has 0 aromatic rings. The van der Waals surface area contributed by atoms with Crippen molar-refractivity contribution in [2.24, 2.45) is 29.4 Å². The summed E-state index contributed by atoms with van der Waals surface area (Å²) in [7, 11) is 0. The second-order valence-electron chi connectivity index (χ2n) is 12.8. The largest absolute Gasteiger partial charge is 0.481 e. The molecule has 3 amide bonds. The minimum absolute atomic E-state index is 0.0592. The van der Waals surface area contributed by atoms with Crippen molar-refractivity contribution >= 4 is 35.8 Å². The molecule has 8 atom stereocenters. The molecule has 0 aliphatic heterocycles. The van der Waals surface area contributed by atoms with E-state index in [0.717, 1.165) is 0 Å². The van der Waals surface area contributed by atoms with E-state index in [1.54, 1.807) is 20.8 Å². The maximum absolute atomic E-state index is 13.4. The number of nitrogens with one attached hydrogen (secondary N) is 2. The zero-order valence-corrected chi connectivity index (χ0v) is 29.4. The number of aliphatic hydroxyl groups is 1. The van der Waals surface area contributed by atoms with Gasteiger partial charge in [0.2, 0.25) is 5.91 Å². The first-order valence-corrected chi connectivity index (χ1v) is 16.8. The standard InChI is InChI=1S/C33H59N3O11/c1-9-20(6)24(37)15-30(41)45-26(21(7)10-2)16-28(38)36-23(13-12-14-35-33(34)44)32(43)47-25(19(4)5)18-31(42)46-27(17-29(39)40)22(8)11-3/h19-27,37H,9-18H2,1-8H3,(H,36,38)(H,39,40)(H3,34,35,44). The maximum Gasteiger partial charge on any atom is 0.328 e. The minimum Gasteiger partial charge on any atom is -0.481 e. The Bertz CT molecular complexity index is 1010. The number of nitrogens with two attached hydrogens (primary N) is 1. The fourth-order valence-corrected chi connectivity index (χ4v) is 4.51. The molecule has 14 nitrogen and oxygen atoms in total. The molecule has 0 saturated carbocycles. The Kier molecular flexibility index (Phi) is 21.3. The summed E-state index contributed by atoms with van der Waals surface area (Å²) < 4.78 is 16.8. The maximum atomic E-state index is 13.4. The van der Waals surface area contributed by atoms with Crippen molar-refractivity contribution in [1.29, 1.82) is 0 Å². The number of rotatable bonds is 24. The summed E-state index contributed by atoms with van der Waals surface area (Å²) in [5, 5.41) is 24.6. The summed E-state index contributed by atoms with van der Waals surface area (Å²) in [6, 6.07) is -1.92. The molecule has 272 valence electrons. The fourth-order valence-electron chi connectivity index (χ4n) is 4.51. The van der Waals surface area contributed by atoms with Gasteiger partial charge < -0.3 is 40.8 Å². The Balaban J connectivity index is 5.75. The van der Waals surface area contributed by atoms with Crippen LogP contribution < -0.4 is 16.4 Å². The Morgan fingerprint density at radius 3 is 1.68 bits per heavy atom. The van der Waals surface area contributed by atoms with Gasteiger partial charge in [0.25, 0.3) is 0 Å². The Labute approximate surface area is 279 Å². The highest BCUT2D eigenvalue weighted by Crippen LogP contribution is 2.21. The summed E-state index contributed by atoms with van der Waals surface area (Å²) in [5.74, 6) is -4.69. The van der Waals surface area contributed by atoms with Gasteiger partial charge in [0.15, 0.2) is 0 Å². The molecule has 0 aliphatic carbocycles. The van der Waals surface area contributed by atoms with Gasteiger partial charge in [0.1, 0.15) is 24.4 Å². The van der Waals surface area contributed by atoms with Crippen molar-refractivity contribution in [3.63, 3.8) is 0 Å². The molecular formula is C33H59N3O11. The molecule has 0 radical (unpaired) electrons. The van der Waals surface area contributed by atoms with Crippen molar-refractivity contribution < 1.29 is 53.2 Å². The van der Waals surface area contributed by atoms with Crippen LogP contribution in [0.3, 0.4) is 0 Å². The highest BCUT2D eigenvalue weighted by molar-refractivity contribution is 5.85. The average molecular weight is 674 g/mol. The Hall–Kier alpha value is -3.42. The van der Waals surface area contributed by atoms with Crippen LogP contribution in [-0.2, 0) is 38.2 Å². The van der Waals surface area contributed by atoms with Crippen molar-refractivity contribution in [3.05, 3.63) is 0 Å². The molecule has 47 heavy (non-hydrogen) atoms. The van der Waals surface area contributed by atoms with Crippen LogP contribution in [0.25, 0.3) is 0 Å². The lowest BCUT2D eigenvalue weighted by molar-refractivity contribution is -0.165. The first kappa shape index (κ1) is 43.6. The predicted molar refractivity (Wildman–Crippen MR) is 174 cm³/mol. The third-order valence-electron chi connectivity index (χ3n) is 8.53. The van der Waals surface area contributed by atoms with E-state index >= 15 is 0 Å². The molecule has 0 fully saturated rings. The van der Waals surface area contributed by atoms with Crippen LogP contribution in [0.5, 0.6) is 0 Å². The van der Waals surface area contributed by atoms with Crippen molar-refractivity contribution in [1.82, 2.24) is 10.6 Å². The molecule has 0 spiro atoms. The van der Waals surface area contributed by atoms with Crippen LogP contribution in [0, 0.1) is 23.7 Å². The van der Waals surface area contributed by atoms with E-state index < -0.39 is 66.3 Å². The van der Waals surface area contributed by atoms with Crippen molar-refractivity contribution in [2.45, 2.75) is 144 Å². The number of carbonyl (C=O) groups excluding carboxylic acids is 5. The zero-order chi connectivity index (χ0) is 36.3. The summed E-state index contributed by atoms with van der Waals surface area (Å²) >= 11 is 0. The van der Waals surface area contributed by atoms with E-state index in [1.165, 1.54) is 0 Å². The SMILES string of the molecule is CCC(C)C(O)CC(=O)OC(CC(=O)NC(CCCNC(N)=O)C(=O)OC(CC(=O)OC(CC(=O)O)C(C)CC)C(C)C)C(C)CC. The van der Waals surface area contributed by atoms with Crippen LogP contribution in [-0.4, -0.2) is 83.0 Å². The van der Waals surface area contributed by atoms with Gasteiger partial charge in [-0.2, -0.15) is 0 Å². The number of aliphatic hydroxyl groups excluding tert-OH is 1. The van der Waals surface area contributed by atoms with E-state index in [0.29, 0.717) is 19.3 Å². The average Bonchev–Trinajstić information content (AvgIpc) is 2.99. The lowest BCUT2D eigenvalue weighted by atomic mass is 9.97. The number of urea groups is 1. The molecule has 0 aromatic carbocycles. The molecule has 0 heterocycles. The molecule has 0 rings (SSSR count). The summed E-state index contributed by atoms with van der Waals surface area (Å²) in [6.07, 6.45) is -2.43. The number of carboxylic acids is 1. The molecule has 0 aliphatic rings. The third-order valence-corrected chi connectivity index (χ3v) is 8.53. The Morgan fingerprint density at radius 1 is 0.702 bits per heavy atom. The number of ether oxygens (including phenoxy) is 3. The van der Waals surface area contributed by atoms with Crippen LogP contribution in [0.15, 0.2) is 0 Å². The van der Waals surface area contributed by atoms with E-state index in [4.69, 9.17) is 19.9 Å². The van der Waals surface area contributed by atoms with E-state index in [2.05, 4.69) is 10.6 Å². The fraction of sp³-hybridized carbons (Fsp3) is 0.818. The van der Waals surface area contributed by atoms with Crippen LogP contribution in [0.1, 0.15) is 113 Å². The molecule has 14 heteroatoms. The van der Waals surface area contributed by atoms with Crippen LogP contribution >= 0.6 is 0 Å². The molecule has 8 unspecified atom stereocenters. The summed E-state index contributed by atoms with van der Waals surface area (Å²) in [5.41, 5.74) is 5.13.